The van der Waals surface area contributed by atoms with E-state index in [0.717, 1.165) is 6.54 Å². The van der Waals surface area contributed by atoms with Gasteiger partial charge in [-0.2, -0.15) is 0 Å². The monoisotopic (exact) mass is 244 g/mol. The number of carboxylic acid groups (broad SMARTS) is 2. The Bertz CT molecular complexity index is 305. The standard InChI is InChI=1S/C6H12N2O.C4H4O4/c1-8(2)5-3-4-6(7)9;5-3(6)1-2-4(7)8/h3-4H,5H2,1-2H3,(H2,7,9);1-2H,(H,5,6)(H,7,8)/b;2-1-. The van der Waals surface area contributed by atoms with Crippen LogP contribution in [0.5, 0.6) is 0 Å². The Balaban J connectivity index is 0. The average Bonchev–Trinajstić information content (AvgIpc) is 2.14. The number of carbonyl (C=O) groups is 3. The van der Waals surface area contributed by atoms with Crippen LogP contribution in [0.3, 0.4) is 0 Å². The molecular weight excluding hydrogens is 228 g/mol. The second kappa shape index (κ2) is 10.4. The summed E-state index contributed by atoms with van der Waals surface area (Å²) in [5, 5.41) is 15.6. The van der Waals surface area contributed by atoms with Crippen molar-refractivity contribution in [2.24, 2.45) is 5.73 Å². The minimum absolute atomic E-state index is 0.392. The van der Waals surface area contributed by atoms with Gasteiger partial charge in [-0.1, -0.05) is 6.08 Å². The molecule has 0 saturated carbocycles. The van der Waals surface area contributed by atoms with E-state index >= 15 is 0 Å². The molecule has 0 atom stereocenters. The minimum atomic E-state index is -1.26. The molecule has 0 spiro atoms. The Morgan fingerprint density at radius 2 is 1.47 bits per heavy atom. The van der Waals surface area contributed by atoms with Gasteiger partial charge in [0.15, 0.2) is 0 Å². The van der Waals surface area contributed by atoms with Crippen molar-refractivity contribution in [1.29, 1.82) is 0 Å². The van der Waals surface area contributed by atoms with Gasteiger partial charge in [-0.15, -0.1) is 0 Å². The summed E-state index contributed by atoms with van der Waals surface area (Å²) in [6.45, 7) is 0.753. The van der Waals surface area contributed by atoms with Crippen molar-refractivity contribution < 1.29 is 24.6 Å². The fourth-order valence-corrected chi connectivity index (χ4v) is 0.522. The van der Waals surface area contributed by atoms with Gasteiger partial charge in [-0.3, -0.25) is 4.79 Å². The smallest absolute Gasteiger partial charge is 0.328 e. The molecule has 0 fully saturated rings. The van der Waals surface area contributed by atoms with Crippen LogP contribution < -0.4 is 5.73 Å². The highest BCUT2D eigenvalue weighted by molar-refractivity contribution is 5.89. The van der Waals surface area contributed by atoms with Gasteiger partial charge in [-0.05, 0) is 20.2 Å². The Labute approximate surface area is 98.8 Å². The first-order valence-corrected chi connectivity index (χ1v) is 4.50. The molecule has 4 N–H and O–H groups in total. The van der Waals surface area contributed by atoms with Crippen molar-refractivity contribution in [3.63, 3.8) is 0 Å². The van der Waals surface area contributed by atoms with Crippen LogP contribution in [-0.4, -0.2) is 53.6 Å². The van der Waals surface area contributed by atoms with Gasteiger partial charge >= 0.3 is 11.9 Å². The molecular formula is C10H16N2O5. The maximum atomic E-state index is 10.1. The number of nitrogens with two attached hydrogens (primary N) is 1. The van der Waals surface area contributed by atoms with Gasteiger partial charge < -0.3 is 20.8 Å². The van der Waals surface area contributed by atoms with Crippen LogP contribution in [-0.2, 0) is 14.4 Å². The van der Waals surface area contributed by atoms with E-state index in [4.69, 9.17) is 15.9 Å². The molecule has 7 heteroatoms. The summed E-state index contributed by atoms with van der Waals surface area (Å²) in [6, 6.07) is 0. The lowest BCUT2D eigenvalue weighted by molar-refractivity contribution is -0.134. The molecule has 0 unspecified atom stereocenters. The van der Waals surface area contributed by atoms with Crippen molar-refractivity contribution >= 4 is 17.8 Å². The molecule has 0 saturated heterocycles. The van der Waals surface area contributed by atoms with E-state index < -0.39 is 17.8 Å². The van der Waals surface area contributed by atoms with Gasteiger partial charge in [0.25, 0.3) is 0 Å². The van der Waals surface area contributed by atoms with Crippen LogP contribution in [0.15, 0.2) is 24.3 Å². The zero-order valence-corrected chi connectivity index (χ0v) is 9.66. The second-order valence-corrected chi connectivity index (χ2v) is 3.08. The third-order valence-corrected chi connectivity index (χ3v) is 1.12. The molecule has 0 heterocycles. The van der Waals surface area contributed by atoms with E-state index in [1.54, 1.807) is 6.08 Å². The maximum Gasteiger partial charge on any atom is 0.328 e. The normalized spacial score (nSPS) is 10.3. The lowest BCUT2D eigenvalue weighted by atomic mass is 10.4. The molecule has 0 aliphatic rings. The van der Waals surface area contributed by atoms with Crippen LogP contribution in [0.25, 0.3) is 0 Å². The summed E-state index contributed by atoms with van der Waals surface area (Å²) in [5.41, 5.74) is 4.83. The number of rotatable bonds is 5. The molecule has 0 aromatic rings. The number of primary amides is 1. The first-order chi connectivity index (χ1) is 7.75. The molecule has 17 heavy (non-hydrogen) atoms. The molecule has 96 valence electrons. The Hall–Kier alpha value is -2.15. The molecule has 0 aliphatic heterocycles. The summed E-state index contributed by atoms with van der Waals surface area (Å²) in [7, 11) is 3.84. The molecule has 7 nitrogen and oxygen atoms in total. The predicted octanol–water partition coefficient (Wildman–Crippen LogP) is -0.699. The third kappa shape index (κ3) is 24.8. The Morgan fingerprint density at radius 1 is 1.06 bits per heavy atom. The molecule has 0 radical (unpaired) electrons. The number of hydrogen-bond acceptors (Lipinski definition) is 4. The van der Waals surface area contributed by atoms with Crippen molar-refractivity contribution in [2.45, 2.75) is 0 Å². The van der Waals surface area contributed by atoms with E-state index in [0.29, 0.717) is 12.2 Å². The summed E-state index contributed by atoms with van der Waals surface area (Å²) in [5.74, 6) is -2.91. The fourth-order valence-electron chi connectivity index (χ4n) is 0.522. The molecule has 0 aromatic carbocycles. The molecule has 0 aliphatic carbocycles. The highest BCUT2D eigenvalue weighted by Crippen LogP contribution is 1.75. The number of carbonyl (C=O) groups excluding carboxylic acids is 1. The number of amides is 1. The Kier molecular flexibility index (Phi) is 10.5. The summed E-state index contributed by atoms with van der Waals surface area (Å²) in [4.78, 5) is 31.1. The summed E-state index contributed by atoms with van der Waals surface area (Å²) in [6.07, 6.45) is 4.20. The lowest BCUT2D eigenvalue weighted by Crippen LogP contribution is -2.12. The minimum Gasteiger partial charge on any atom is -0.478 e. The maximum absolute atomic E-state index is 10.1. The highest BCUT2D eigenvalue weighted by atomic mass is 16.4. The van der Waals surface area contributed by atoms with Crippen LogP contribution in [0, 0.1) is 0 Å². The van der Waals surface area contributed by atoms with Gasteiger partial charge in [0.1, 0.15) is 0 Å². The van der Waals surface area contributed by atoms with Gasteiger partial charge in [0.2, 0.25) is 5.91 Å². The molecule has 1 amide bonds. The second-order valence-electron chi connectivity index (χ2n) is 3.08. The van der Waals surface area contributed by atoms with Crippen LogP contribution >= 0.6 is 0 Å². The highest BCUT2D eigenvalue weighted by Gasteiger charge is 1.88. The van der Waals surface area contributed by atoms with E-state index in [1.807, 2.05) is 19.0 Å². The zero-order chi connectivity index (χ0) is 13.8. The lowest BCUT2D eigenvalue weighted by Gasteiger charge is -2.02. The molecule has 0 bridgehead atoms. The van der Waals surface area contributed by atoms with E-state index in [2.05, 4.69) is 0 Å². The molecule has 0 rings (SSSR count). The van der Waals surface area contributed by atoms with Gasteiger partial charge in [-0.25, -0.2) is 9.59 Å². The zero-order valence-electron chi connectivity index (χ0n) is 9.66. The first kappa shape index (κ1) is 17.3. The Morgan fingerprint density at radius 3 is 1.71 bits per heavy atom. The quantitative estimate of drug-likeness (QED) is 0.550. The summed E-state index contributed by atoms with van der Waals surface area (Å²) < 4.78 is 0. The van der Waals surface area contributed by atoms with Crippen LogP contribution in [0.1, 0.15) is 0 Å². The number of aliphatic carboxylic acids is 2. The summed E-state index contributed by atoms with van der Waals surface area (Å²) >= 11 is 0. The van der Waals surface area contributed by atoms with Gasteiger partial charge in [0.05, 0.1) is 0 Å². The number of carboxylic acids is 2. The number of hydrogen-bond donors (Lipinski definition) is 3. The van der Waals surface area contributed by atoms with Gasteiger partial charge in [0, 0.05) is 18.7 Å². The SMILES string of the molecule is CN(C)CC=CC(N)=O.O=C(O)/C=C\C(=O)O. The predicted molar refractivity (Wildman–Crippen MR) is 61.3 cm³/mol. The molecule has 0 aromatic heterocycles. The number of nitrogens with zero attached hydrogens (tertiary/aromatic N) is 1. The van der Waals surface area contributed by atoms with Crippen LogP contribution in [0.4, 0.5) is 0 Å². The van der Waals surface area contributed by atoms with Crippen molar-refractivity contribution in [2.75, 3.05) is 20.6 Å². The first-order valence-electron chi connectivity index (χ1n) is 4.50. The average molecular weight is 244 g/mol. The largest absolute Gasteiger partial charge is 0.478 e. The van der Waals surface area contributed by atoms with Crippen molar-refractivity contribution in [3.8, 4) is 0 Å². The van der Waals surface area contributed by atoms with Crippen LogP contribution in [0.2, 0.25) is 0 Å². The fraction of sp³-hybridized carbons (Fsp3) is 0.300. The van der Waals surface area contributed by atoms with E-state index in [9.17, 15) is 14.4 Å². The third-order valence-electron chi connectivity index (χ3n) is 1.12. The van der Waals surface area contributed by atoms with Crippen molar-refractivity contribution in [3.05, 3.63) is 24.3 Å². The van der Waals surface area contributed by atoms with E-state index in [1.165, 1.54) is 6.08 Å². The topological polar surface area (TPSA) is 121 Å². The number of likely N-dealkylation sites (N-methyl/N-ethyl adjacent to an activating group) is 1. The van der Waals surface area contributed by atoms with E-state index in [-0.39, 0.29) is 0 Å². The van der Waals surface area contributed by atoms with Crippen molar-refractivity contribution in [1.82, 2.24) is 4.90 Å².